The highest BCUT2D eigenvalue weighted by Gasteiger charge is 2.17. The van der Waals surface area contributed by atoms with Crippen LogP contribution in [0.3, 0.4) is 0 Å². The first-order chi connectivity index (χ1) is 7.75. The van der Waals surface area contributed by atoms with Crippen LogP contribution in [-0.2, 0) is 0 Å². The third kappa shape index (κ3) is 3.76. The lowest BCUT2D eigenvalue weighted by Crippen LogP contribution is -2.34. The Bertz CT molecular complexity index is 337. The molecular formula is C12H16FNS2. The van der Waals surface area contributed by atoms with Gasteiger partial charge in [-0.25, -0.2) is 4.39 Å². The van der Waals surface area contributed by atoms with Crippen molar-refractivity contribution in [2.75, 3.05) is 11.5 Å². The standard InChI is InChI=1S/C10H10FNS2.C2H6/c11-8-3-1-7(2-4-8)9-5-14-6-10(13)12-9;1-2/h1-4,9H,5-6H2,(H,12,13);1-2H3. The molecule has 1 aliphatic rings. The van der Waals surface area contributed by atoms with Gasteiger partial charge >= 0.3 is 0 Å². The number of rotatable bonds is 1. The first-order valence-electron chi connectivity index (χ1n) is 5.38. The zero-order valence-corrected chi connectivity index (χ0v) is 11.1. The van der Waals surface area contributed by atoms with Gasteiger partial charge in [0.05, 0.1) is 11.0 Å². The van der Waals surface area contributed by atoms with E-state index >= 15 is 0 Å². The molecule has 0 amide bonds. The van der Waals surface area contributed by atoms with E-state index < -0.39 is 0 Å². The lowest BCUT2D eigenvalue weighted by molar-refractivity contribution is 0.624. The van der Waals surface area contributed by atoms with Gasteiger partial charge < -0.3 is 5.32 Å². The van der Waals surface area contributed by atoms with Crippen LogP contribution in [0.2, 0.25) is 0 Å². The maximum Gasteiger partial charge on any atom is 0.123 e. The van der Waals surface area contributed by atoms with E-state index in [1.807, 2.05) is 37.7 Å². The second-order valence-corrected chi connectivity index (χ2v) is 4.71. The molecule has 1 aromatic rings. The summed E-state index contributed by atoms with van der Waals surface area (Å²) >= 11 is 6.92. The van der Waals surface area contributed by atoms with Crippen molar-refractivity contribution in [3.63, 3.8) is 0 Å². The van der Waals surface area contributed by atoms with Crippen LogP contribution in [0.5, 0.6) is 0 Å². The van der Waals surface area contributed by atoms with Gasteiger partial charge in [0.15, 0.2) is 0 Å². The molecule has 0 bridgehead atoms. The number of thiocarbonyl (C=S) groups is 1. The molecule has 1 heterocycles. The van der Waals surface area contributed by atoms with Crippen molar-refractivity contribution in [1.29, 1.82) is 0 Å². The largest absolute Gasteiger partial charge is 0.371 e. The molecule has 1 N–H and O–H groups in total. The van der Waals surface area contributed by atoms with Crippen LogP contribution in [-0.4, -0.2) is 16.5 Å². The van der Waals surface area contributed by atoms with Crippen LogP contribution in [0.25, 0.3) is 0 Å². The fourth-order valence-corrected chi connectivity index (χ4v) is 2.71. The molecule has 1 aliphatic heterocycles. The zero-order chi connectivity index (χ0) is 12.0. The van der Waals surface area contributed by atoms with Crippen molar-refractivity contribution in [2.24, 2.45) is 0 Å². The average Bonchev–Trinajstić information content (AvgIpc) is 2.32. The van der Waals surface area contributed by atoms with Crippen LogP contribution in [0, 0.1) is 5.82 Å². The first kappa shape index (κ1) is 13.5. The first-order valence-corrected chi connectivity index (χ1v) is 6.94. The van der Waals surface area contributed by atoms with Gasteiger partial charge in [0, 0.05) is 11.5 Å². The van der Waals surface area contributed by atoms with Crippen LogP contribution >= 0.6 is 24.0 Å². The maximum absolute atomic E-state index is 12.7. The predicted octanol–water partition coefficient (Wildman–Crippen LogP) is 3.56. The molecule has 0 radical (unpaired) electrons. The summed E-state index contributed by atoms with van der Waals surface area (Å²) < 4.78 is 12.7. The second kappa shape index (κ2) is 6.86. The molecule has 1 unspecified atom stereocenters. The van der Waals surface area contributed by atoms with Crippen molar-refractivity contribution >= 4 is 29.0 Å². The fraction of sp³-hybridized carbons (Fsp3) is 0.417. The lowest BCUT2D eigenvalue weighted by atomic mass is 10.1. The minimum Gasteiger partial charge on any atom is -0.371 e. The molecule has 2 rings (SSSR count). The number of thioether (sulfide) groups is 1. The molecule has 1 atom stereocenters. The zero-order valence-electron chi connectivity index (χ0n) is 9.50. The topological polar surface area (TPSA) is 12.0 Å². The maximum atomic E-state index is 12.7. The Hall–Kier alpha value is -0.610. The van der Waals surface area contributed by atoms with E-state index in [1.165, 1.54) is 12.1 Å². The number of hydrogen-bond acceptors (Lipinski definition) is 2. The third-order valence-corrected chi connectivity index (χ3v) is 3.63. The normalized spacial score (nSPS) is 19.4. The molecule has 0 spiro atoms. The van der Waals surface area contributed by atoms with E-state index in [2.05, 4.69) is 5.32 Å². The second-order valence-electron chi connectivity index (χ2n) is 3.19. The average molecular weight is 257 g/mol. The minimum absolute atomic E-state index is 0.195. The van der Waals surface area contributed by atoms with Gasteiger partial charge in [-0.05, 0) is 17.7 Å². The molecule has 16 heavy (non-hydrogen) atoms. The highest BCUT2D eigenvalue weighted by Crippen LogP contribution is 2.22. The Morgan fingerprint density at radius 1 is 1.31 bits per heavy atom. The SMILES string of the molecule is CC.Fc1ccc(C2CSCC(=S)N2)cc1. The van der Waals surface area contributed by atoms with Crippen LogP contribution in [0.4, 0.5) is 4.39 Å². The lowest BCUT2D eigenvalue weighted by Gasteiger charge is -2.25. The third-order valence-electron chi connectivity index (χ3n) is 2.13. The van der Waals surface area contributed by atoms with Crippen LogP contribution < -0.4 is 5.32 Å². The van der Waals surface area contributed by atoms with Gasteiger partial charge in [0.1, 0.15) is 5.82 Å². The van der Waals surface area contributed by atoms with Gasteiger partial charge in [0.25, 0.3) is 0 Å². The Kier molecular flexibility index (Phi) is 5.77. The van der Waals surface area contributed by atoms with E-state index in [9.17, 15) is 4.39 Å². The molecule has 88 valence electrons. The highest BCUT2D eigenvalue weighted by molar-refractivity contribution is 8.01. The van der Waals surface area contributed by atoms with E-state index in [0.717, 1.165) is 22.1 Å². The molecule has 1 aromatic carbocycles. The molecule has 0 aromatic heterocycles. The Morgan fingerprint density at radius 3 is 2.50 bits per heavy atom. The Morgan fingerprint density at radius 2 is 1.94 bits per heavy atom. The monoisotopic (exact) mass is 257 g/mol. The minimum atomic E-state index is -0.195. The number of halogens is 1. The molecule has 1 saturated heterocycles. The van der Waals surface area contributed by atoms with Crippen molar-refractivity contribution in [2.45, 2.75) is 19.9 Å². The van der Waals surface area contributed by atoms with Gasteiger partial charge in [-0.2, -0.15) is 11.8 Å². The highest BCUT2D eigenvalue weighted by atomic mass is 32.2. The van der Waals surface area contributed by atoms with E-state index in [4.69, 9.17) is 12.2 Å². The van der Waals surface area contributed by atoms with Crippen molar-refractivity contribution < 1.29 is 4.39 Å². The Balaban J connectivity index is 0.000000606. The molecule has 0 aliphatic carbocycles. The molecular weight excluding hydrogens is 241 g/mol. The Labute approximate surface area is 106 Å². The smallest absolute Gasteiger partial charge is 0.123 e. The summed E-state index contributed by atoms with van der Waals surface area (Å²) in [5.74, 6) is 1.69. The summed E-state index contributed by atoms with van der Waals surface area (Å²) in [7, 11) is 0. The number of benzene rings is 1. The van der Waals surface area contributed by atoms with E-state index in [1.54, 1.807) is 0 Å². The summed E-state index contributed by atoms with van der Waals surface area (Å²) in [4.78, 5) is 0.885. The molecule has 4 heteroatoms. The summed E-state index contributed by atoms with van der Waals surface area (Å²) in [5, 5.41) is 3.24. The quantitative estimate of drug-likeness (QED) is 0.773. The van der Waals surface area contributed by atoms with Crippen molar-refractivity contribution in [1.82, 2.24) is 5.32 Å². The van der Waals surface area contributed by atoms with Crippen LogP contribution in [0.1, 0.15) is 25.5 Å². The van der Waals surface area contributed by atoms with E-state index in [0.29, 0.717) is 0 Å². The van der Waals surface area contributed by atoms with Gasteiger partial charge in [-0.15, -0.1) is 0 Å². The van der Waals surface area contributed by atoms with Crippen LogP contribution in [0.15, 0.2) is 24.3 Å². The predicted molar refractivity (Wildman–Crippen MR) is 73.5 cm³/mol. The summed E-state index contributed by atoms with van der Waals surface area (Å²) in [6, 6.07) is 6.82. The molecule has 1 fully saturated rings. The van der Waals surface area contributed by atoms with E-state index in [-0.39, 0.29) is 11.9 Å². The van der Waals surface area contributed by atoms with Crippen molar-refractivity contribution in [3.8, 4) is 0 Å². The van der Waals surface area contributed by atoms with Crippen molar-refractivity contribution in [3.05, 3.63) is 35.6 Å². The molecule has 1 nitrogen and oxygen atoms in total. The number of hydrogen-bond donors (Lipinski definition) is 1. The fourth-order valence-electron chi connectivity index (χ4n) is 1.42. The van der Waals surface area contributed by atoms with Gasteiger partial charge in [-0.1, -0.05) is 38.2 Å². The summed E-state index contributed by atoms with van der Waals surface area (Å²) in [5.41, 5.74) is 1.10. The number of nitrogens with one attached hydrogen (secondary N) is 1. The summed E-state index contributed by atoms with van der Waals surface area (Å²) in [6.07, 6.45) is 0. The van der Waals surface area contributed by atoms with Gasteiger partial charge in [-0.3, -0.25) is 0 Å². The van der Waals surface area contributed by atoms with Gasteiger partial charge in [0.2, 0.25) is 0 Å². The summed E-state index contributed by atoms with van der Waals surface area (Å²) in [6.45, 7) is 4.00. The molecule has 0 saturated carbocycles.